The largest absolute Gasteiger partial charge is 0.477 e. The fraction of sp³-hybridized carbons (Fsp3) is 0.883. The zero-order valence-electron chi connectivity index (χ0n) is 46.2. The quantitative estimate of drug-likeness (QED) is 0.0211. The van der Waals surface area contributed by atoms with Crippen LogP contribution >= 0.6 is 0 Å². The predicted octanol–water partition coefficient (Wildman–Crippen LogP) is 17.1. The standard InChI is InChI=1S/C60H113NO8/c1-6-8-10-12-14-16-18-20-22-24-25-26-27-28-29-30-31-32-33-34-35-37-38-40-42-44-46-48-50-57(62)67-54-56(55-68-60(59(64)65)66-53-52-61(3,4)5)69-58(63)51-49-47-45-43-41-39-36-23-21-19-17-15-13-11-9-7-2/h17,19,23,36,56,60H,6-16,18,20-22,24-35,37-55H2,1-5H3/p+1/b19-17-,36-23-. The summed E-state index contributed by atoms with van der Waals surface area (Å²) in [4.78, 5) is 37.4. The number of unbranched alkanes of at least 4 members (excludes halogenated alkanes) is 36. The lowest BCUT2D eigenvalue weighted by molar-refractivity contribution is -0.870. The molecule has 0 aromatic rings. The van der Waals surface area contributed by atoms with Crippen molar-refractivity contribution in [3.63, 3.8) is 0 Å². The molecule has 0 spiro atoms. The summed E-state index contributed by atoms with van der Waals surface area (Å²) in [5.74, 6) is -2.01. The number of hydrogen-bond donors (Lipinski definition) is 1. The van der Waals surface area contributed by atoms with Gasteiger partial charge in [-0.2, -0.15) is 0 Å². The molecule has 0 aromatic heterocycles. The maximum atomic E-state index is 12.8. The van der Waals surface area contributed by atoms with Crippen molar-refractivity contribution in [3.05, 3.63) is 24.3 Å². The Labute approximate surface area is 427 Å². The topological polar surface area (TPSA) is 108 Å². The molecular formula is C60H114NO8+. The molecule has 2 atom stereocenters. The minimum Gasteiger partial charge on any atom is -0.477 e. The first-order valence-electron chi connectivity index (χ1n) is 29.5. The number of carboxylic acids is 1. The molecule has 0 aliphatic heterocycles. The minimum atomic E-state index is -1.51. The summed E-state index contributed by atoms with van der Waals surface area (Å²) in [6, 6.07) is 0. The van der Waals surface area contributed by atoms with Gasteiger partial charge in [0.05, 0.1) is 34.4 Å². The van der Waals surface area contributed by atoms with Gasteiger partial charge in [-0.3, -0.25) is 9.59 Å². The number of carbonyl (C=O) groups excluding carboxylic acids is 2. The second-order valence-corrected chi connectivity index (χ2v) is 21.3. The van der Waals surface area contributed by atoms with E-state index in [-0.39, 0.29) is 32.2 Å². The molecule has 0 saturated carbocycles. The highest BCUT2D eigenvalue weighted by Crippen LogP contribution is 2.17. The Bertz CT molecular complexity index is 1180. The highest BCUT2D eigenvalue weighted by molar-refractivity contribution is 5.71. The first-order chi connectivity index (χ1) is 33.6. The summed E-state index contributed by atoms with van der Waals surface area (Å²) in [6.45, 7) is 4.89. The first-order valence-corrected chi connectivity index (χ1v) is 29.5. The Morgan fingerprint density at radius 1 is 0.435 bits per heavy atom. The number of nitrogens with zero attached hydrogens (tertiary/aromatic N) is 1. The number of carbonyl (C=O) groups is 3. The highest BCUT2D eigenvalue weighted by atomic mass is 16.7. The van der Waals surface area contributed by atoms with E-state index in [0.717, 1.165) is 57.8 Å². The zero-order chi connectivity index (χ0) is 50.6. The monoisotopic (exact) mass is 977 g/mol. The zero-order valence-corrected chi connectivity index (χ0v) is 46.2. The van der Waals surface area contributed by atoms with Crippen LogP contribution in [0.15, 0.2) is 24.3 Å². The summed E-state index contributed by atoms with van der Waals surface area (Å²) >= 11 is 0. The molecule has 0 rings (SSSR count). The number of carboxylic acid groups (broad SMARTS) is 1. The Morgan fingerprint density at radius 2 is 0.783 bits per heavy atom. The molecule has 9 heteroatoms. The van der Waals surface area contributed by atoms with E-state index in [0.29, 0.717) is 23.9 Å². The molecule has 0 amide bonds. The number of ether oxygens (including phenoxy) is 4. The minimum absolute atomic E-state index is 0.183. The van der Waals surface area contributed by atoms with Crippen LogP contribution in [0.4, 0.5) is 0 Å². The predicted molar refractivity (Wildman–Crippen MR) is 291 cm³/mol. The lowest BCUT2D eigenvalue weighted by Gasteiger charge is -2.25. The summed E-state index contributed by atoms with van der Waals surface area (Å²) in [5.41, 5.74) is 0. The van der Waals surface area contributed by atoms with Crippen molar-refractivity contribution in [2.45, 2.75) is 296 Å². The van der Waals surface area contributed by atoms with Gasteiger partial charge in [-0.05, 0) is 44.9 Å². The van der Waals surface area contributed by atoms with Crippen LogP contribution in [0.25, 0.3) is 0 Å². The Kier molecular flexibility index (Phi) is 50.4. The molecule has 0 aromatic carbocycles. The van der Waals surface area contributed by atoms with Crippen LogP contribution in [0, 0.1) is 0 Å². The van der Waals surface area contributed by atoms with E-state index < -0.39 is 24.3 Å². The maximum Gasteiger partial charge on any atom is 0.361 e. The molecule has 9 nitrogen and oxygen atoms in total. The molecule has 0 fully saturated rings. The molecular weight excluding hydrogens is 863 g/mol. The molecule has 0 saturated heterocycles. The second kappa shape index (κ2) is 52.1. The molecule has 406 valence electrons. The number of allylic oxidation sites excluding steroid dienone is 4. The van der Waals surface area contributed by atoms with E-state index in [1.807, 2.05) is 21.1 Å². The van der Waals surface area contributed by atoms with Crippen molar-refractivity contribution in [3.8, 4) is 0 Å². The van der Waals surface area contributed by atoms with E-state index in [1.54, 1.807) is 0 Å². The van der Waals surface area contributed by atoms with E-state index in [1.165, 1.54) is 193 Å². The van der Waals surface area contributed by atoms with Crippen molar-refractivity contribution in [1.29, 1.82) is 0 Å². The number of likely N-dealkylation sites (N-methyl/N-ethyl adjacent to an activating group) is 1. The van der Waals surface area contributed by atoms with Gasteiger partial charge >= 0.3 is 17.9 Å². The SMILES string of the molecule is CCCCCC/C=C\C/C=C\CCCCCCCC(=O)OC(COC(=O)CCCCCCCCCCCCCCCCCCCCCCCCCCCCCC)COC(OCC[N+](C)(C)C)C(=O)O. The van der Waals surface area contributed by atoms with E-state index in [4.69, 9.17) is 18.9 Å². The third-order valence-corrected chi connectivity index (χ3v) is 13.2. The van der Waals surface area contributed by atoms with E-state index in [2.05, 4.69) is 38.2 Å². The smallest absolute Gasteiger partial charge is 0.361 e. The summed E-state index contributed by atoms with van der Waals surface area (Å²) in [5, 5.41) is 9.69. The van der Waals surface area contributed by atoms with Crippen LogP contribution in [0.5, 0.6) is 0 Å². The second-order valence-electron chi connectivity index (χ2n) is 21.3. The molecule has 2 unspecified atom stereocenters. The Morgan fingerprint density at radius 3 is 1.16 bits per heavy atom. The molecule has 0 aliphatic rings. The van der Waals surface area contributed by atoms with Crippen LogP contribution in [0.2, 0.25) is 0 Å². The highest BCUT2D eigenvalue weighted by Gasteiger charge is 2.25. The Balaban J connectivity index is 4.13. The Hall–Kier alpha value is -2.23. The van der Waals surface area contributed by atoms with Crippen LogP contribution < -0.4 is 0 Å². The normalized spacial score (nSPS) is 12.9. The van der Waals surface area contributed by atoms with E-state index in [9.17, 15) is 19.5 Å². The maximum absolute atomic E-state index is 12.8. The van der Waals surface area contributed by atoms with Crippen LogP contribution in [-0.2, 0) is 33.3 Å². The van der Waals surface area contributed by atoms with Crippen molar-refractivity contribution in [1.82, 2.24) is 0 Å². The molecule has 0 radical (unpaired) electrons. The number of rotatable bonds is 55. The van der Waals surface area contributed by atoms with Crippen LogP contribution in [-0.4, -0.2) is 87.4 Å². The van der Waals surface area contributed by atoms with Gasteiger partial charge < -0.3 is 28.5 Å². The summed E-state index contributed by atoms with van der Waals surface area (Å²) < 4.78 is 22.9. The fourth-order valence-electron chi connectivity index (χ4n) is 8.63. The van der Waals surface area contributed by atoms with Gasteiger partial charge in [-0.1, -0.05) is 250 Å². The van der Waals surface area contributed by atoms with Gasteiger partial charge in [0, 0.05) is 12.8 Å². The van der Waals surface area contributed by atoms with Gasteiger partial charge in [-0.15, -0.1) is 0 Å². The number of esters is 2. The first kappa shape index (κ1) is 66.8. The lowest BCUT2D eigenvalue weighted by Crippen LogP contribution is -2.40. The lowest BCUT2D eigenvalue weighted by atomic mass is 10.0. The molecule has 69 heavy (non-hydrogen) atoms. The summed E-state index contributed by atoms with van der Waals surface area (Å²) in [6.07, 6.45) is 58.4. The molecule has 0 aliphatic carbocycles. The third kappa shape index (κ3) is 53.4. The van der Waals surface area contributed by atoms with E-state index >= 15 is 0 Å². The molecule has 0 bridgehead atoms. The van der Waals surface area contributed by atoms with Gasteiger partial charge in [0.2, 0.25) is 0 Å². The van der Waals surface area contributed by atoms with Crippen molar-refractivity contribution in [2.75, 3.05) is 47.5 Å². The third-order valence-electron chi connectivity index (χ3n) is 13.2. The molecule has 0 heterocycles. The van der Waals surface area contributed by atoms with Crippen LogP contribution in [0.3, 0.4) is 0 Å². The van der Waals surface area contributed by atoms with Gasteiger partial charge in [0.15, 0.2) is 6.10 Å². The fourth-order valence-corrected chi connectivity index (χ4v) is 8.63. The van der Waals surface area contributed by atoms with Crippen molar-refractivity contribution >= 4 is 17.9 Å². The van der Waals surface area contributed by atoms with Gasteiger partial charge in [0.1, 0.15) is 13.2 Å². The van der Waals surface area contributed by atoms with Crippen molar-refractivity contribution in [2.24, 2.45) is 0 Å². The van der Waals surface area contributed by atoms with Crippen LogP contribution in [0.1, 0.15) is 284 Å². The summed E-state index contributed by atoms with van der Waals surface area (Å²) in [7, 11) is 5.97. The molecule has 1 N–H and O–H groups in total. The van der Waals surface area contributed by atoms with Crippen molar-refractivity contribution < 1.29 is 42.9 Å². The number of aliphatic carboxylic acids is 1. The number of hydrogen-bond acceptors (Lipinski definition) is 7. The number of quaternary nitrogens is 1. The average Bonchev–Trinajstić information content (AvgIpc) is 3.31. The van der Waals surface area contributed by atoms with Gasteiger partial charge in [-0.25, -0.2) is 4.79 Å². The average molecular weight is 978 g/mol. The van der Waals surface area contributed by atoms with Gasteiger partial charge in [0.25, 0.3) is 6.29 Å².